The first-order chi connectivity index (χ1) is 6.18. The molecule has 1 N–H and O–H groups in total. The number of aryl methyl sites for hydroxylation is 2. The fourth-order valence-electron chi connectivity index (χ4n) is 1.75. The van der Waals surface area contributed by atoms with Gasteiger partial charge in [-0.15, -0.1) is 0 Å². The maximum Gasteiger partial charge on any atom is 0.104 e. The van der Waals surface area contributed by atoms with E-state index in [2.05, 4.69) is 5.10 Å². The molecular weight excluding hydrogens is 168 g/mol. The second-order valence-corrected chi connectivity index (χ2v) is 3.54. The highest BCUT2D eigenvalue weighted by molar-refractivity contribution is 5.08. The van der Waals surface area contributed by atoms with Gasteiger partial charge in [0.25, 0.3) is 0 Å². The highest BCUT2D eigenvalue weighted by Gasteiger charge is 2.29. The predicted molar refractivity (Wildman–Crippen MR) is 47.6 cm³/mol. The number of aromatic nitrogens is 2. The van der Waals surface area contributed by atoms with E-state index in [0.717, 1.165) is 11.4 Å². The van der Waals surface area contributed by atoms with Gasteiger partial charge in [-0.05, 0) is 19.9 Å². The third-order valence-electron chi connectivity index (χ3n) is 2.38. The van der Waals surface area contributed by atoms with Crippen LogP contribution in [0.2, 0.25) is 0 Å². The van der Waals surface area contributed by atoms with Gasteiger partial charge < -0.3 is 9.84 Å². The molecule has 4 heteroatoms. The summed E-state index contributed by atoms with van der Waals surface area (Å²) in [5, 5.41) is 13.9. The van der Waals surface area contributed by atoms with Crippen LogP contribution in [-0.2, 0) is 4.74 Å². The molecule has 1 aromatic rings. The molecule has 0 aliphatic carbocycles. The van der Waals surface area contributed by atoms with Crippen molar-refractivity contribution >= 4 is 0 Å². The largest absolute Gasteiger partial charge is 0.388 e. The van der Waals surface area contributed by atoms with Crippen LogP contribution in [0.3, 0.4) is 0 Å². The number of rotatable bonds is 1. The lowest BCUT2D eigenvalue weighted by atomic mass is 10.2. The first kappa shape index (κ1) is 8.72. The minimum atomic E-state index is -0.419. The third-order valence-corrected chi connectivity index (χ3v) is 2.38. The third kappa shape index (κ3) is 1.47. The summed E-state index contributed by atoms with van der Waals surface area (Å²) in [6, 6.07) is 2.00. The maximum atomic E-state index is 9.59. The highest BCUT2D eigenvalue weighted by Crippen LogP contribution is 2.20. The number of hydrogen-bond acceptors (Lipinski definition) is 3. The van der Waals surface area contributed by atoms with E-state index in [4.69, 9.17) is 4.74 Å². The van der Waals surface area contributed by atoms with E-state index in [9.17, 15) is 5.11 Å². The number of hydrogen-bond donors (Lipinski definition) is 1. The van der Waals surface area contributed by atoms with E-state index in [-0.39, 0.29) is 6.04 Å². The summed E-state index contributed by atoms with van der Waals surface area (Å²) in [5.41, 5.74) is 2.06. The van der Waals surface area contributed by atoms with Crippen molar-refractivity contribution in [1.29, 1.82) is 0 Å². The lowest BCUT2D eigenvalue weighted by Crippen LogP contribution is -2.23. The fraction of sp³-hybridized carbons (Fsp3) is 0.667. The Bertz CT molecular complexity index is 309. The topological polar surface area (TPSA) is 47.3 Å². The van der Waals surface area contributed by atoms with E-state index < -0.39 is 6.10 Å². The van der Waals surface area contributed by atoms with Gasteiger partial charge >= 0.3 is 0 Å². The van der Waals surface area contributed by atoms with Crippen LogP contribution in [0.5, 0.6) is 0 Å². The van der Waals surface area contributed by atoms with Gasteiger partial charge in [-0.2, -0.15) is 5.10 Å². The summed E-state index contributed by atoms with van der Waals surface area (Å²) in [7, 11) is 0. The smallest absolute Gasteiger partial charge is 0.104 e. The molecule has 1 aliphatic heterocycles. The molecule has 0 saturated carbocycles. The Balaban J connectivity index is 2.28. The minimum Gasteiger partial charge on any atom is -0.388 e. The van der Waals surface area contributed by atoms with Crippen LogP contribution >= 0.6 is 0 Å². The van der Waals surface area contributed by atoms with Crippen molar-refractivity contribution in [3.05, 3.63) is 17.5 Å². The maximum absolute atomic E-state index is 9.59. The van der Waals surface area contributed by atoms with Gasteiger partial charge in [-0.3, -0.25) is 4.68 Å². The summed E-state index contributed by atoms with van der Waals surface area (Å²) in [4.78, 5) is 0. The summed E-state index contributed by atoms with van der Waals surface area (Å²) in [5.74, 6) is 0. The monoisotopic (exact) mass is 182 g/mol. The minimum absolute atomic E-state index is 0.00583. The molecule has 1 fully saturated rings. The van der Waals surface area contributed by atoms with E-state index >= 15 is 0 Å². The van der Waals surface area contributed by atoms with E-state index in [0.29, 0.717) is 13.2 Å². The van der Waals surface area contributed by atoms with Crippen LogP contribution in [0.25, 0.3) is 0 Å². The van der Waals surface area contributed by atoms with Gasteiger partial charge in [-0.25, -0.2) is 0 Å². The molecule has 2 atom stereocenters. The van der Waals surface area contributed by atoms with Gasteiger partial charge in [0.2, 0.25) is 0 Å². The molecule has 1 saturated heterocycles. The van der Waals surface area contributed by atoms with E-state index in [1.807, 2.05) is 24.6 Å². The molecule has 0 spiro atoms. The van der Waals surface area contributed by atoms with Crippen molar-refractivity contribution in [3.8, 4) is 0 Å². The van der Waals surface area contributed by atoms with Crippen molar-refractivity contribution < 1.29 is 9.84 Å². The number of nitrogens with zero attached hydrogens (tertiary/aromatic N) is 2. The second-order valence-electron chi connectivity index (χ2n) is 3.54. The summed E-state index contributed by atoms with van der Waals surface area (Å²) >= 11 is 0. The van der Waals surface area contributed by atoms with Crippen LogP contribution in [0, 0.1) is 13.8 Å². The van der Waals surface area contributed by atoms with E-state index in [1.165, 1.54) is 0 Å². The number of aliphatic hydroxyl groups is 1. The average molecular weight is 182 g/mol. The van der Waals surface area contributed by atoms with Crippen molar-refractivity contribution in [2.75, 3.05) is 13.2 Å². The molecule has 0 aromatic carbocycles. The van der Waals surface area contributed by atoms with Crippen molar-refractivity contribution in [2.24, 2.45) is 0 Å². The molecule has 72 valence electrons. The van der Waals surface area contributed by atoms with Crippen LogP contribution in [0.4, 0.5) is 0 Å². The quantitative estimate of drug-likeness (QED) is 0.685. The van der Waals surface area contributed by atoms with E-state index in [1.54, 1.807) is 0 Å². The number of ether oxygens (including phenoxy) is 1. The average Bonchev–Trinajstić information content (AvgIpc) is 2.58. The van der Waals surface area contributed by atoms with Crippen LogP contribution in [0.15, 0.2) is 6.07 Å². The SMILES string of the molecule is Cc1cc(C)n([C@@H]2COC[C@@H]2O)n1. The van der Waals surface area contributed by atoms with Gasteiger partial charge in [0.15, 0.2) is 0 Å². The van der Waals surface area contributed by atoms with Gasteiger partial charge in [0, 0.05) is 5.69 Å². The lowest BCUT2D eigenvalue weighted by Gasteiger charge is -2.14. The molecule has 0 radical (unpaired) electrons. The van der Waals surface area contributed by atoms with Crippen molar-refractivity contribution in [2.45, 2.75) is 26.0 Å². The first-order valence-corrected chi connectivity index (χ1v) is 4.47. The summed E-state index contributed by atoms with van der Waals surface area (Å²) in [6.07, 6.45) is -0.419. The van der Waals surface area contributed by atoms with Crippen molar-refractivity contribution in [3.63, 3.8) is 0 Å². The number of aliphatic hydroxyl groups excluding tert-OH is 1. The molecule has 0 bridgehead atoms. The van der Waals surface area contributed by atoms with Gasteiger partial charge in [0.1, 0.15) is 12.1 Å². The lowest BCUT2D eigenvalue weighted by molar-refractivity contribution is 0.117. The molecular formula is C9H14N2O2. The Morgan fingerprint density at radius 2 is 2.31 bits per heavy atom. The Morgan fingerprint density at radius 1 is 1.54 bits per heavy atom. The van der Waals surface area contributed by atoms with Crippen LogP contribution in [-0.4, -0.2) is 34.2 Å². The molecule has 1 aliphatic rings. The first-order valence-electron chi connectivity index (χ1n) is 4.47. The molecule has 2 rings (SSSR count). The predicted octanol–water partition coefficient (Wildman–Crippen LogP) is 0.432. The Kier molecular flexibility index (Phi) is 2.09. The zero-order chi connectivity index (χ0) is 9.42. The van der Waals surface area contributed by atoms with Gasteiger partial charge in [-0.1, -0.05) is 0 Å². The van der Waals surface area contributed by atoms with Crippen LogP contribution in [0.1, 0.15) is 17.4 Å². The standard InChI is InChI=1S/C9H14N2O2/c1-6-3-7(2)11(10-6)8-4-13-5-9(8)12/h3,8-9,12H,4-5H2,1-2H3/t8-,9+/m1/s1. The van der Waals surface area contributed by atoms with Crippen LogP contribution < -0.4 is 0 Å². The molecule has 0 amide bonds. The normalized spacial score (nSPS) is 28.2. The highest BCUT2D eigenvalue weighted by atomic mass is 16.5. The zero-order valence-electron chi connectivity index (χ0n) is 7.90. The molecule has 13 heavy (non-hydrogen) atoms. The Morgan fingerprint density at radius 3 is 2.77 bits per heavy atom. The second kappa shape index (κ2) is 3.12. The van der Waals surface area contributed by atoms with Crippen molar-refractivity contribution in [1.82, 2.24) is 9.78 Å². The summed E-state index contributed by atoms with van der Waals surface area (Å²) < 4.78 is 7.03. The molecule has 1 aromatic heterocycles. The summed E-state index contributed by atoms with van der Waals surface area (Å²) in [6.45, 7) is 4.92. The zero-order valence-corrected chi connectivity index (χ0v) is 7.90. The Labute approximate surface area is 77.1 Å². The van der Waals surface area contributed by atoms with Gasteiger partial charge in [0.05, 0.1) is 18.9 Å². The Hall–Kier alpha value is -0.870. The molecule has 4 nitrogen and oxygen atoms in total. The molecule has 2 heterocycles. The molecule has 0 unspecified atom stereocenters. The fourth-order valence-corrected chi connectivity index (χ4v) is 1.75.